The van der Waals surface area contributed by atoms with Crippen LogP contribution in [0.15, 0.2) is 12.2 Å². The van der Waals surface area contributed by atoms with Crippen LogP contribution in [0.5, 0.6) is 0 Å². The van der Waals surface area contributed by atoms with E-state index in [1.807, 2.05) is 0 Å². The monoisotopic (exact) mass is 273 g/mol. The van der Waals surface area contributed by atoms with Crippen LogP contribution in [0, 0.1) is 0 Å². The molecule has 0 aromatic heterocycles. The average Bonchev–Trinajstić information content (AvgIpc) is 1.67. The molecule has 14 heavy (non-hydrogen) atoms. The molecule has 0 bridgehead atoms. The maximum atomic E-state index is 10.4. The molecule has 0 aromatic rings. The van der Waals surface area contributed by atoms with Gasteiger partial charge in [0.15, 0.2) is 0 Å². The highest BCUT2D eigenvalue weighted by Crippen LogP contribution is 1.89. The molecule has 0 heterocycles. The first-order valence-corrected chi connectivity index (χ1v) is 2.51. The van der Waals surface area contributed by atoms with Gasteiger partial charge < -0.3 is 60.4 Å². The van der Waals surface area contributed by atoms with Crippen LogP contribution in [0.4, 0.5) is 0 Å². The van der Waals surface area contributed by atoms with Gasteiger partial charge in [0.25, 0.3) is 0 Å². The molecule has 12 N–H and O–H groups in total. The largest absolute Gasteiger partial charge is 1.00 e. The van der Waals surface area contributed by atoms with E-state index in [9.17, 15) is 4.79 Å². The van der Waals surface area contributed by atoms with Crippen LogP contribution in [0.25, 0.3) is 0 Å². The van der Waals surface area contributed by atoms with Crippen molar-refractivity contribution >= 4 is 5.97 Å². The first-order valence-electron chi connectivity index (χ1n) is 2.51. The standard InChI is InChI=1S/C6H10O2.3ClH.3H3N/c1-4-8-6(7)5(2)3;;;;;;/h2,4H2,1,3H3;3*1H;3*1H3. The van der Waals surface area contributed by atoms with Gasteiger partial charge in [0, 0.05) is 5.57 Å². The predicted octanol–water partition coefficient (Wildman–Crippen LogP) is -6.73. The summed E-state index contributed by atoms with van der Waals surface area (Å²) in [5.74, 6) is -0.312. The Morgan fingerprint density at radius 2 is 1.43 bits per heavy atom. The molecule has 0 rings (SSSR count). The van der Waals surface area contributed by atoms with E-state index in [1.54, 1.807) is 13.8 Å². The van der Waals surface area contributed by atoms with Gasteiger partial charge in [0.1, 0.15) is 0 Å². The van der Waals surface area contributed by atoms with Crippen molar-refractivity contribution in [3.8, 4) is 0 Å². The van der Waals surface area contributed by atoms with E-state index < -0.39 is 0 Å². The predicted molar refractivity (Wildman–Crippen MR) is 49.4 cm³/mol. The highest BCUT2D eigenvalue weighted by atomic mass is 35.5. The summed E-state index contributed by atoms with van der Waals surface area (Å²) in [6.07, 6.45) is 0. The van der Waals surface area contributed by atoms with Crippen LogP contribution < -0.4 is 55.7 Å². The molecule has 0 atom stereocenters. The Labute approximate surface area is 104 Å². The Hall–Kier alpha value is -0.0400. The number of carbonyl (C=O) groups excluding carboxylic acids is 1. The van der Waals surface area contributed by atoms with Crippen LogP contribution in [-0.4, -0.2) is 12.6 Å². The topological polar surface area (TPSA) is 136 Å². The number of rotatable bonds is 2. The minimum absolute atomic E-state index is 0. The Balaban J connectivity index is -0.0000000163. The third-order valence-electron chi connectivity index (χ3n) is 0.624. The zero-order chi connectivity index (χ0) is 6.57. The zero-order valence-electron chi connectivity index (χ0n) is 9.36. The van der Waals surface area contributed by atoms with Crippen molar-refractivity contribution in [1.82, 2.24) is 18.5 Å². The fraction of sp³-hybridized carbons (Fsp3) is 0.500. The summed E-state index contributed by atoms with van der Waals surface area (Å²) in [7, 11) is 0. The molecule has 0 saturated carbocycles. The molecule has 0 spiro atoms. The third-order valence-corrected chi connectivity index (χ3v) is 0.624. The van der Waals surface area contributed by atoms with Gasteiger partial charge in [-0.25, -0.2) is 4.79 Å². The van der Waals surface area contributed by atoms with Gasteiger partial charge in [-0.2, -0.15) is 0 Å². The summed E-state index contributed by atoms with van der Waals surface area (Å²) >= 11 is 0. The summed E-state index contributed by atoms with van der Waals surface area (Å²) in [6.45, 7) is 7.21. The normalized spacial score (nSPS) is 4.71. The van der Waals surface area contributed by atoms with E-state index in [0.29, 0.717) is 12.2 Å². The smallest absolute Gasteiger partial charge is 0.333 e. The lowest BCUT2D eigenvalue weighted by molar-refractivity contribution is -0.138. The molecule has 0 aromatic carbocycles. The van der Waals surface area contributed by atoms with Gasteiger partial charge in [-0.05, 0) is 13.8 Å². The van der Waals surface area contributed by atoms with Crippen LogP contribution in [0.1, 0.15) is 13.8 Å². The molecule has 8 heteroatoms. The van der Waals surface area contributed by atoms with Gasteiger partial charge in [-0.15, -0.1) is 0 Å². The summed E-state index contributed by atoms with van der Waals surface area (Å²) in [5, 5.41) is 0. The summed E-state index contributed by atoms with van der Waals surface area (Å²) < 4.78 is 4.56. The molecule has 0 radical (unpaired) electrons. The number of carbonyl (C=O) groups is 1. The molecule has 94 valence electrons. The van der Waals surface area contributed by atoms with Crippen molar-refractivity contribution < 1.29 is 46.8 Å². The number of hydrogen-bond donors (Lipinski definition) is 3. The van der Waals surface area contributed by atoms with Crippen LogP contribution in [0.2, 0.25) is 0 Å². The maximum Gasteiger partial charge on any atom is 0.333 e. The molecular weight excluding hydrogens is 252 g/mol. The molecule has 0 fully saturated rings. The van der Waals surface area contributed by atoms with E-state index in [2.05, 4.69) is 11.3 Å². The first-order chi connectivity index (χ1) is 3.68. The molecule has 0 aliphatic carbocycles. The average molecular weight is 275 g/mol. The Bertz CT molecular complexity index is 125. The third kappa shape index (κ3) is 29.7. The number of hydrogen-bond acceptors (Lipinski definition) is 2. The number of halogens is 3. The second-order valence-electron chi connectivity index (χ2n) is 1.50. The van der Waals surface area contributed by atoms with E-state index in [4.69, 9.17) is 0 Å². The van der Waals surface area contributed by atoms with E-state index in [1.165, 1.54) is 0 Å². The lowest BCUT2D eigenvalue weighted by Crippen LogP contribution is -3.00. The lowest BCUT2D eigenvalue weighted by Gasteiger charge is -1.96. The SMILES string of the molecule is C=C(C)C(=O)OCC.[Cl-].[Cl-].[Cl-].[NH4+].[NH4+].[NH4+]. The Kier molecular flexibility index (Phi) is 101. The molecule has 0 aliphatic heterocycles. The fourth-order valence-electron chi connectivity index (χ4n) is 0.254. The number of esters is 1. The quantitative estimate of drug-likeness (QED) is 0.341. The Morgan fingerprint density at radius 1 is 1.14 bits per heavy atom. The van der Waals surface area contributed by atoms with Gasteiger partial charge in [0.05, 0.1) is 6.61 Å². The molecule has 0 amide bonds. The molecule has 0 saturated heterocycles. The van der Waals surface area contributed by atoms with Gasteiger partial charge >= 0.3 is 5.97 Å². The van der Waals surface area contributed by atoms with Crippen molar-refractivity contribution in [2.45, 2.75) is 13.8 Å². The van der Waals surface area contributed by atoms with E-state index >= 15 is 0 Å². The second kappa shape index (κ2) is 29.3. The molecule has 0 aliphatic rings. The van der Waals surface area contributed by atoms with Crippen LogP contribution >= 0.6 is 0 Å². The summed E-state index contributed by atoms with van der Waals surface area (Å²) in [5.41, 5.74) is 0.451. The molecule has 5 nitrogen and oxygen atoms in total. The lowest BCUT2D eigenvalue weighted by atomic mass is 10.4. The summed E-state index contributed by atoms with van der Waals surface area (Å²) in [6, 6.07) is 0. The number of quaternary nitrogens is 3. The minimum Gasteiger partial charge on any atom is -1.00 e. The van der Waals surface area contributed by atoms with Crippen molar-refractivity contribution in [3.63, 3.8) is 0 Å². The highest BCUT2D eigenvalue weighted by molar-refractivity contribution is 5.86. The fourth-order valence-corrected chi connectivity index (χ4v) is 0.254. The Morgan fingerprint density at radius 3 is 1.50 bits per heavy atom. The summed E-state index contributed by atoms with van der Waals surface area (Å²) in [4.78, 5) is 10.4. The van der Waals surface area contributed by atoms with Gasteiger partial charge in [-0.3, -0.25) is 0 Å². The maximum absolute atomic E-state index is 10.4. The van der Waals surface area contributed by atoms with Crippen molar-refractivity contribution in [2.75, 3.05) is 6.61 Å². The zero-order valence-corrected chi connectivity index (χ0v) is 11.6. The van der Waals surface area contributed by atoms with Gasteiger partial charge in [-0.1, -0.05) is 6.58 Å². The van der Waals surface area contributed by atoms with E-state index in [0.717, 1.165) is 0 Å². The van der Waals surface area contributed by atoms with Crippen molar-refractivity contribution in [1.29, 1.82) is 0 Å². The molecule has 0 unspecified atom stereocenters. The van der Waals surface area contributed by atoms with Crippen molar-refractivity contribution in [3.05, 3.63) is 12.2 Å². The second-order valence-corrected chi connectivity index (χ2v) is 1.50. The molecular formula is C6H22Cl3N3O2. The van der Waals surface area contributed by atoms with Crippen LogP contribution in [-0.2, 0) is 9.53 Å². The van der Waals surface area contributed by atoms with Crippen LogP contribution in [0.3, 0.4) is 0 Å². The number of ether oxygens (including phenoxy) is 1. The first kappa shape index (κ1) is 48.4. The van der Waals surface area contributed by atoms with Gasteiger partial charge in [0.2, 0.25) is 0 Å². The minimum atomic E-state index is -0.312. The van der Waals surface area contributed by atoms with E-state index in [-0.39, 0.29) is 61.6 Å². The van der Waals surface area contributed by atoms with Crippen molar-refractivity contribution in [2.24, 2.45) is 0 Å². The highest BCUT2D eigenvalue weighted by Gasteiger charge is 1.98.